The molecular formula is C81H77Cl2N15O15S2. The van der Waals surface area contributed by atoms with Crippen molar-refractivity contribution < 1.29 is 72.1 Å². The lowest BCUT2D eigenvalue weighted by molar-refractivity contribution is -0.138. The highest BCUT2D eigenvalue weighted by Crippen LogP contribution is 2.44. The Bertz CT molecular complexity index is 5440. The molecule has 2 unspecified atom stereocenters. The topological polar surface area (TPSA) is 381 Å². The number of fused-ring (bicyclic) bond motifs is 8. The second-order valence-corrected chi connectivity index (χ2v) is 30.9. The highest BCUT2D eigenvalue weighted by Gasteiger charge is 2.48. The number of unbranched alkanes of at least 4 members (excludes halogenated alkanes) is 5. The van der Waals surface area contributed by atoms with E-state index in [9.17, 15) is 62.6 Å². The molecule has 2 fully saturated rings. The summed E-state index contributed by atoms with van der Waals surface area (Å²) in [6.45, 7) is 24.9. The Labute approximate surface area is 677 Å². The van der Waals surface area contributed by atoms with Crippen LogP contribution in [-0.2, 0) is 51.4 Å². The van der Waals surface area contributed by atoms with Crippen LogP contribution in [-0.4, -0.2) is 158 Å². The van der Waals surface area contributed by atoms with Crippen LogP contribution < -0.4 is 25.4 Å². The number of ketones is 2. The maximum Gasteiger partial charge on any atom is 0.306 e. The van der Waals surface area contributed by atoms with E-state index in [2.05, 4.69) is 53.0 Å². The first-order valence-corrected chi connectivity index (χ1v) is 39.6. The third-order valence-electron chi connectivity index (χ3n) is 20.0. The van der Waals surface area contributed by atoms with Crippen LogP contribution in [0.2, 0.25) is 10.0 Å². The smallest absolute Gasteiger partial charge is 0.306 e. The number of hydrogen-bond acceptors (Lipinski definition) is 22. The number of aliphatic imine (C=N–C) groups is 2. The van der Waals surface area contributed by atoms with Crippen molar-refractivity contribution in [3.8, 4) is 21.5 Å². The highest BCUT2D eigenvalue weighted by molar-refractivity contribution is 7.15. The third-order valence-corrected chi connectivity index (χ3v) is 23.1. The maximum atomic E-state index is 13.3. The average Bonchev–Trinajstić information content (AvgIpc) is 1.60. The lowest BCUT2D eigenvalue weighted by atomic mass is 9.99. The summed E-state index contributed by atoms with van der Waals surface area (Å²) < 4.78 is 15.1. The molecule has 8 aromatic rings. The number of carboxylic acid groups (broad SMARTS) is 1. The van der Waals surface area contributed by atoms with Crippen molar-refractivity contribution in [3.63, 3.8) is 0 Å². The molecule has 4 aromatic heterocycles. The van der Waals surface area contributed by atoms with Crippen LogP contribution in [0.15, 0.2) is 94.9 Å². The van der Waals surface area contributed by atoms with Gasteiger partial charge in [0.05, 0.1) is 56.3 Å². The number of benzene rings is 4. The van der Waals surface area contributed by atoms with E-state index in [1.165, 1.54) is 53.0 Å². The number of piperidine rings is 2. The average molecular weight is 1640 g/mol. The van der Waals surface area contributed by atoms with E-state index in [0.29, 0.717) is 77.0 Å². The van der Waals surface area contributed by atoms with E-state index >= 15 is 0 Å². The SMILES string of the molecule is CCCCCCC(=O)COc1cccc2c1C(=O)N(C1CCC(=O)NC1=O)C2=O.[C-]#[N+]Cc1sc2c(c1C)C(c1ccc(Cl)cc1)=N[C@@H](CC(=O)NCCCCCC(=O)COc1cccc3c1C(=O)N(C1CCC(=O)NC1=O)C3=O)c1nnc(C)n1-2.[C-]#[N+]Cc1sc2c(c1C)C(c1ccc(Cl)cc1)=N[C@@H](CC(=O)O)c1nnc(C)n1-2. The second kappa shape index (κ2) is 36.4. The molecule has 0 bridgehead atoms. The molecule has 4 atom stereocenters. The fourth-order valence-corrected chi connectivity index (χ4v) is 17.1. The fraction of sp³-hybridized carbons (Fsp3) is 0.358. The summed E-state index contributed by atoms with van der Waals surface area (Å²) in [6.07, 6.45) is 6.38. The number of ether oxygens (including phenoxy) is 2. The molecule has 0 aliphatic carbocycles. The summed E-state index contributed by atoms with van der Waals surface area (Å²) in [4.78, 5) is 170. The van der Waals surface area contributed by atoms with Crippen molar-refractivity contribution in [1.29, 1.82) is 0 Å². The molecule has 14 rings (SSSR count). The molecule has 9 amide bonds. The zero-order valence-corrected chi connectivity index (χ0v) is 66.3. The van der Waals surface area contributed by atoms with Gasteiger partial charge in [-0.1, -0.05) is 92.2 Å². The molecule has 6 aliphatic heterocycles. The minimum atomic E-state index is -1.11. The first-order chi connectivity index (χ1) is 55.3. The summed E-state index contributed by atoms with van der Waals surface area (Å²) in [5, 5.41) is 36.8. The zero-order chi connectivity index (χ0) is 82.1. The molecule has 0 radical (unpaired) electrons. The number of Topliss-reactive ketones (excluding diaryl/α,β-unsaturated/α-hetero) is 2. The molecule has 0 spiro atoms. The van der Waals surface area contributed by atoms with E-state index in [4.69, 9.17) is 55.8 Å². The number of aromatic nitrogens is 6. The molecule has 0 saturated carbocycles. The quantitative estimate of drug-likeness (QED) is 0.0211. The monoisotopic (exact) mass is 1630 g/mol. The van der Waals surface area contributed by atoms with Gasteiger partial charge in [0.2, 0.25) is 42.6 Å². The third kappa shape index (κ3) is 17.8. The first kappa shape index (κ1) is 82.4. The lowest BCUT2D eigenvalue weighted by Crippen LogP contribution is -2.54. The van der Waals surface area contributed by atoms with Crippen molar-refractivity contribution in [2.24, 2.45) is 9.98 Å². The van der Waals surface area contributed by atoms with Crippen molar-refractivity contribution in [3.05, 3.63) is 206 Å². The van der Waals surface area contributed by atoms with Crippen molar-refractivity contribution >= 4 is 128 Å². The number of imide groups is 4. The molecule has 30 nitrogen and oxygen atoms in total. The summed E-state index contributed by atoms with van der Waals surface area (Å²) in [7, 11) is 0. The Balaban J connectivity index is 0.000000176. The Morgan fingerprint density at radius 3 is 1.39 bits per heavy atom. The number of carbonyl (C=O) groups is 12. The van der Waals surface area contributed by atoms with Gasteiger partial charge in [-0.05, 0) is 119 Å². The van der Waals surface area contributed by atoms with Crippen molar-refractivity contribution in [2.75, 3.05) is 19.8 Å². The van der Waals surface area contributed by atoms with Crippen molar-refractivity contribution in [2.45, 2.75) is 168 Å². The van der Waals surface area contributed by atoms with Gasteiger partial charge in [0.25, 0.3) is 23.6 Å². The van der Waals surface area contributed by atoms with Crippen LogP contribution in [0, 0.1) is 40.8 Å². The molecule has 34 heteroatoms. The predicted molar refractivity (Wildman–Crippen MR) is 422 cm³/mol. The number of thiophene rings is 2. The summed E-state index contributed by atoms with van der Waals surface area (Å²) in [6, 6.07) is 20.3. The van der Waals surface area contributed by atoms with Gasteiger partial charge in [0.15, 0.2) is 23.2 Å². The van der Waals surface area contributed by atoms with E-state index in [-0.39, 0.29) is 122 Å². The molecule has 10 heterocycles. The number of nitrogens with one attached hydrogen (secondary N) is 3. The lowest BCUT2D eigenvalue weighted by Gasteiger charge is -2.27. The summed E-state index contributed by atoms with van der Waals surface area (Å²) >= 11 is 15.3. The van der Waals surface area contributed by atoms with E-state index in [1.807, 2.05) is 61.1 Å². The second-order valence-electron chi connectivity index (χ2n) is 27.9. The molecule has 115 heavy (non-hydrogen) atoms. The Kier molecular flexibility index (Phi) is 26.0. The fourth-order valence-electron chi connectivity index (χ4n) is 14.3. The minimum absolute atomic E-state index is 0.00484. The molecule has 6 aliphatic rings. The number of aryl methyl sites for hydroxylation is 2. The number of hydrogen-bond donors (Lipinski definition) is 4. The number of halogens is 2. The van der Waals surface area contributed by atoms with Gasteiger partial charge in [-0.15, -0.1) is 43.1 Å². The Morgan fingerprint density at radius 2 is 0.983 bits per heavy atom. The van der Waals surface area contributed by atoms with Crippen LogP contribution in [0.25, 0.3) is 19.7 Å². The van der Waals surface area contributed by atoms with E-state index < -0.39 is 77.4 Å². The number of amides is 9. The van der Waals surface area contributed by atoms with Crippen LogP contribution >= 0.6 is 45.9 Å². The molecule has 2 saturated heterocycles. The summed E-state index contributed by atoms with van der Waals surface area (Å²) in [5.41, 5.74) is 6.93. The first-order valence-electron chi connectivity index (χ1n) is 37.2. The number of carbonyl (C=O) groups excluding carboxylic acids is 11. The van der Waals surface area contributed by atoms with Crippen LogP contribution in [0.4, 0.5) is 0 Å². The number of aliphatic carboxylic acids is 1. The van der Waals surface area contributed by atoms with Crippen LogP contribution in [0.3, 0.4) is 0 Å². The Hall–Kier alpha value is -12.1. The number of nitrogens with zero attached hydrogens (tertiary/aromatic N) is 12. The number of carboxylic acids is 1. The standard InChI is InChI=1S/C40H37ClN8O7S.C21H24N2O6.C20H16ClN5O2S/c1-21-30(19-42-3)57-40-33(21)35(23-11-13-24(41)14-12-23)44-27(36-47-46-22(2)48(36)40)18-32(52)43-17-6-4-5-8-25(50)20-56-29-10-7-9-26-34(29)39(55)49(38(26)54)28-15-16-31(51)45-37(28)53;1-2-3-4-5-7-13(24)12-29-16-9-6-8-14-18(16)21(28)23(20(14)27)15-10-11-17(25)22-19(15)26;1-10-15(9-22-3)29-20-17(10)18(12-4-6-13(21)7-5-12)23-14(8-16(27)28)19-25-24-11(2)26(19)20/h7,9-14,27-28H,4-6,8,15-20H2,1-2H3,(H,43,52)(H,45,51,53);6,8-9,15H,2-5,7,10-12H2,1H3,(H,22,25,26);4-7,14H,8-9H2,1-2H3,(H,27,28)/t27-,28?;;14-/m0.0/s1. The molecule has 592 valence electrons. The van der Waals surface area contributed by atoms with Gasteiger partial charge < -0.3 is 29.6 Å². The summed E-state index contributed by atoms with van der Waals surface area (Å²) in [5.74, 6) is -3.80. The Morgan fingerprint density at radius 1 is 0.557 bits per heavy atom. The number of rotatable bonds is 27. The van der Waals surface area contributed by atoms with Gasteiger partial charge in [0, 0.05) is 64.5 Å². The van der Waals surface area contributed by atoms with Crippen molar-refractivity contribution in [1.82, 2.24) is 55.3 Å². The largest absolute Gasteiger partial charge is 0.485 e. The normalized spacial score (nSPS) is 17.1. The predicted octanol–water partition coefficient (Wildman–Crippen LogP) is 11.4. The van der Waals surface area contributed by atoms with Gasteiger partial charge in [-0.25, -0.2) is 13.1 Å². The van der Waals surface area contributed by atoms with Gasteiger partial charge in [-0.3, -0.25) is 97.1 Å². The molecule has 4 N–H and O–H groups in total. The van der Waals surface area contributed by atoms with Crippen LogP contribution in [0.1, 0.15) is 223 Å². The maximum absolute atomic E-state index is 13.3. The van der Waals surface area contributed by atoms with Gasteiger partial charge in [0.1, 0.15) is 70.5 Å². The van der Waals surface area contributed by atoms with Gasteiger partial charge >= 0.3 is 5.97 Å². The van der Waals surface area contributed by atoms with E-state index in [0.717, 1.165) is 88.6 Å². The zero-order valence-electron chi connectivity index (χ0n) is 63.1. The van der Waals surface area contributed by atoms with Gasteiger partial charge in [-0.2, -0.15) is 0 Å². The highest BCUT2D eigenvalue weighted by atomic mass is 35.5. The molecule has 4 aromatic carbocycles. The van der Waals surface area contributed by atoms with E-state index in [1.54, 1.807) is 30.3 Å². The molecular weight excluding hydrogens is 1560 g/mol. The van der Waals surface area contributed by atoms with Crippen LogP contribution in [0.5, 0.6) is 11.5 Å². The minimum Gasteiger partial charge on any atom is -0.485 e.